The summed E-state index contributed by atoms with van der Waals surface area (Å²) in [6.07, 6.45) is 0.847. The van der Waals surface area contributed by atoms with Crippen LogP contribution in [0.4, 0.5) is 10.5 Å². The Morgan fingerprint density at radius 3 is 2.22 bits per heavy atom. The fraction of sp³-hybridized carbons (Fsp3) is 0.536. The lowest BCUT2D eigenvalue weighted by Gasteiger charge is -2.32. The second-order valence-corrected chi connectivity index (χ2v) is 14.1. The first-order valence-corrected chi connectivity index (χ1v) is 14.7. The van der Waals surface area contributed by atoms with Gasteiger partial charge in [0.1, 0.15) is 5.60 Å². The molecule has 2 saturated heterocycles. The summed E-state index contributed by atoms with van der Waals surface area (Å²) < 4.78 is 18.8. The Bertz CT molecular complexity index is 1050. The maximum Gasteiger partial charge on any atom is 0.494 e. The van der Waals surface area contributed by atoms with Gasteiger partial charge >= 0.3 is 13.2 Å². The third-order valence-corrected chi connectivity index (χ3v) is 9.72. The maximum atomic E-state index is 13.6. The van der Waals surface area contributed by atoms with Crippen LogP contribution in [0, 0.1) is 0 Å². The van der Waals surface area contributed by atoms with Crippen LogP contribution >= 0.6 is 23.5 Å². The maximum absolute atomic E-state index is 13.6. The van der Waals surface area contributed by atoms with Crippen molar-refractivity contribution in [1.82, 2.24) is 0 Å². The zero-order valence-electron chi connectivity index (χ0n) is 22.5. The number of nitrogens with zero attached hydrogens (tertiary/aromatic N) is 1. The van der Waals surface area contributed by atoms with Gasteiger partial charge in [0.25, 0.3) is 0 Å². The zero-order chi connectivity index (χ0) is 26.1. The van der Waals surface area contributed by atoms with Crippen molar-refractivity contribution in [2.24, 2.45) is 0 Å². The molecule has 0 unspecified atom stereocenters. The Morgan fingerprint density at radius 1 is 1.03 bits per heavy atom. The molecule has 4 rings (SSSR count). The number of thioether (sulfide) groups is 2. The molecule has 0 saturated carbocycles. The first-order valence-electron chi connectivity index (χ1n) is 12.6. The number of amides is 1. The molecule has 2 aliphatic rings. The van der Waals surface area contributed by atoms with E-state index in [1.165, 1.54) is 6.42 Å². The van der Waals surface area contributed by atoms with Gasteiger partial charge in [0.05, 0.1) is 28.0 Å². The number of carbonyl (C=O) groups is 1. The summed E-state index contributed by atoms with van der Waals surface area (Å²) in [6.45, 7) is 14.4. The summed E-state index contributed by atoms with van der Waals surface area (Å²) >= 11 is 3.86. The highest BCUT2D eigenvalue weighted by Gasteiger charge is 2.52. The predicted octanol–water partition coefficient (Wildman–Crippen LogP) is 6.80. The SMILES string of the molecule is CC(C)(C)OC(=O)N(Cc1ccccc1)c1ccc(B2OC(C)(C)C(C)(C)O2)cc1C1SCCCS1. The van der Waals surface area contributed by atoms with E-state index in [2.05, 4.69) is 33.8 Å². The van der Waals surface area contributed by atoms with E-state index in [0.29, 0.717) is 6.54 Å². The van der Waals surface area contributed by atoms with Gasteiger partial charge in [-0.2, -0.15) is 0 Å². The molecule has 8 heteroatoms. The molecule has 0 aromatic heterocycles. The minimum absolute atomic E-state index is 0.219. The molecule has 2 aromatic carbocycles. The molecule has 194 valence electrons. The van der Waals surface area contributed by atoms with E-state index in [9.17, 15) is 4.79 Å². The van der Waals surface area contributed by atoms with Crippen molar-refractivity contribution in [3.05, 3.63) is 59.7 Å². The third-order valence-electron chi connectivity index (χ3n) is 6.75. The molecule has 0 aliphatic carbocycles. The number of hydrogen-bond donors (Lipinski definition) is 0. The Hall–Kier alpha value is -1.61. The fourth-order valence-electron chi connectivity index (χ4n) is 4.13. The van der Waals surface area contributed by atoms with Crippen LogP contribution in [0.15, 0.2) is 48.5 Å². The molecular formula is C28H38BNO4S2. The van der Waals surface area contributed by atoms with Crippen LogP contribution in [0.3, 0.4) is 0 Å². The van der Waals surface area contributed by atoms with Crippen molar-refractivity contribution in [1.29, 1.82) is 0 Å². The number of benzene rings is 2. The van der Waals surface area contributed by atoms with Gasteiger partial charge in [0.2, 0.25) is 0 Å². The van der Waals surface area contributed by atoms with Crippen molar-refractivity contribution in [2.45, 2.75) is 82.8 Å². The van der Waals surface area contributed by atoms with Crippen molar-refractivity contribution >= 4 is 47.9 Å². The van der Waals surface area contributed by atoms with Crippen LogP contribution in [0.2, 0.25) is 0 Å². The van der Waals surface area contributed by atoms with Crippen LogP contribution < -0.4 is 10.4 Å². The van der Waals surface area contributed by atoms with Crippen LogP contribution in [0.5, 0.6) is 0 Å². The second kappa shape index (κ2) is 10.6. The molecule has 1 amide bonds. The standard InChI is InChI=1S/C28H38BNO4S2/c1-26(2,3)32-25(31)30(19-20-12-9-8-10-13-20)23-15-14-21(18-22(23)24-35-16-11-17-36-24)29-33-27(4,5)28(6,7)34-29/h8-10,12-15,18,24H,11,16-17,19H2,1-7H3. The molecule has 0 spiro atoms. The summed E-state index contributed by atoms with van der Waals surface area (Å²) in [7, 11) is -0.453. The van der Waals surface area contributed by atoms with Gasteiger partial charge in [-0.05, 0) is 89.0 Å². The summed E-state index contributed by atoms with van der Waals surface area (Å²) in [4.78, 5) is 15.3. The molecular weight excluding hydrogens is 489 g/mol. The van der Waals surface area contributed by atoms with Gasteiger partial charge in [0, 0.05) is 0 Å². The van der Waals surface area contributed by atoms with Crippen molar-refractivity contribution in [3.8, 4) is 0 Å². The molecule has 0 atom stereocenters. The van der Waals surface area contributed by atoms with E-state index in [0.717, 1.165) is 33.8 Å². The summed E-state index contributed by atoms with van der Waals surface area (Å²) in [6, 6.07) is 16.3. The third kappa shape index (κ3) is 6.26. The Kier molecular flexibility index (Phi) is 8.11. The van der Waals surface area contributed by atoms with Crippen LogP contribution in [0.25, 0.3) is 0 Å². The van der Waals surface area contributed by atoms with Gasteiger partial charge in [0.15, 0.2) is 0 Å². The van der Waals surface area contributed by atoms with E-state index < -0.39 is 23.9 Å². The van der Waals surface area contributed by atoms with Gasteiger partial charge in [-0.3, -0.25) is 4.90 Å². The lowest BCUT2D eigenvalue weighted by atomic mass is 9.78. The molecule has 5 nitrogen and oxygen atoms in total. The van der Waals surface area contributed by atoms with Crippen LogP contribution in [-0.2, 0) is 20.6 Å². The summed E-state index contributed by atoms with van der Waals surface area (Å²) in [5.74, 6) is 2.20. The van der Waals surface area contributed by atoms with E-state index >= 15 is 0 Å². The molecule has 0 N–H and O–H groups in total. The lowest BCUT2D eigenvalue weighted by Crippen LogP contribution is -2.41. The molecule has 0 bridgehead atoms. The van der Waals surface area contributed by atoms with Crippen molar-refractivity contribution < 1.29 is 18.8 Å². The quantitative estimate of drug-likeness (QED) is 0.399. The van der Waals surface area contributed by atoms with E-state index in [-0.39, 0.29) is 10.7 Å². The Morgan fingerprint density at radius 2 is 1.64 bits per heavy atom. The van der Waals surface area contributed by atoms with Crippen molar-refractivity contribution in [2.75, 3.05) is 16.4 Å². The number of ether oxygens (including phenoxy) is 1. The first-order chi connectivity index (χ1) is 16.9. The lowest BCUT2D eigenvalue weighted by molar-refractivity contribution is 0.00578. The van der Waals surface area contributed by atoms with Gasteiger partial charge in [-0.1, -0.05) is 42.5 Å². The van der Waals surface area contributed by atoms with Gasteiger partial charge in [-0.25, -0.2) is 4.79 Å². The Labute approximate surface area is 225 Å². The van der Waals surface area contributed by atoms with Crippen molar-refractivity contribution in [3.63, 3.8) is 0 Å². The zero-order valence-corrected chi connectivity index (χ0v) is 24.1. The number of anilines is 1. The molecule has 0 radical (unpaired) electrons. The molecule has 2 aromatic rings. The molecule has 2 fully saturated rings. The second-order valence-electron chi connectivity index (χ2n) is 11.4. The summed E-state index contributed by atoms with van der Waals surface area (Å²) in [5.41, 5.74) is 2.58. The smallest absolute Gasteiger partial charge is 0.443 e. The van der Waals surface area contributed by atoms with Crippen LogP contribution in [-0.4, -0.2) is 41.5 Å². The fourth-order valence-corrected chi connectivity index (χ4v) is 7.06. The highest BCUT2D eigenvalue weighted by Crippen LogP contribution is 2.47. The monoisotopic (exact) mass is 527 g/mol. The minimum Gasteiger partial charge on any atom is -0.443 e. The first kappa shape index (κ1) is 27.4. The number of rotatable bonds is 5. The highest BCUT2D eigenvalue weighted by molar-refractivity contribution is 8.16. The normalized spacial score (nSPS) is 19.8. The number of carbonyl (C=O) groups excluding carboxylic acids is 1. The minimum atomic E-state index is -0.594. The average Bonchev–Trinajstić information content (AvgIpc) is 3.04. The van der Waals surface area contributed by atoms with Gasteiger partial charge in [-0.15, -0.1) is 23.5 Å². The van der Waals surface area contributed by atoms with E-state index in [1.807, 2.05) is 86.8 Å². The van der Waals surface area contributed by atoms with E-state index in [1.54, 1.807) is 4.90 Å². The predicted molar refractivity (Wildman–Crippen MR) is 153 cm³/mol. The Balaban J connectivity index is 1.76. The number of hydrogen-bond acceptors (Lipinski definition) is 6. The van der Waals surface area contributed by atoms with E-state index in [4.69, 9.17) is 14.0 Å². The highest BCUT2D eigenvalue weighted by atomic mass is 32.2. The van der Waals surface area contributed by atoms with Gasteiger partial charge < -0.3 is 14.0 Å². The average molecular weight is 528 g/mol. The van der Waals surface area contributed by atoms with Crippen LogP contribution in [0.1, 0.15) is 70.6 Å². The topological polar surface area (TPSA) is 48.0 Å². The molecule has 2 heterocycles. The molecule has 2 aliphatic heterocycles. The summed E-state index contributed by atoms with van der Waals surface area (Å²) in [5, 5.41) is 0. The molecule has 36 heavy (non-hydrogen) atoms. The largest absolute Gasteiger partial charge is 0.494 e.